The van der Waals surface area contributed by atoms with Crippen LogP contribution in [0, 0.1) is 0 Å². The number of hydrogen-bond donors (Lipinski definition) is 1. The van der Waals surface area contributed by atoms with Crippen LogP contribution < -0.4 is 10.1 Å². The van der Waals surface area contributed by atoms with Crippen LogP contribution in [0.1, 0.15) is 40.9 Å². The zero-order valence-corrected chi connectivity index (χ0v) is 18.8. The molecule has 172 valence electrons. The number of nitrogens with zero attached hydrogens (tertiary/aromatic N) is 4. The first-order valence-corrected chi connectivity index (χ1v) is 11.3. The molecular weight excluding hydrogens is 418 g/mol. The van der Waals surface area contributed by atoms with Gasteiger partial charge in [0.1, 0.15) is 5.75 Å². The Labute approximate surface area is 193 Å². The number of carbonyl (C=O) groups excluding carboxylic acids is 2. The van der Waals surface area contributed by atoms with Crippen molar-refractivity contribution in [3.8, 4) is 5.75 Å². The van der Waals surface area contributed by atoms with Gasteiger partial charge in [-0.15, -0.1) is 5.10 Å². The number of ether oxygens (including phenoxy) is 1. The Balaban J connectivity index is 1.28. The minimum atomic E-state index is -0.260. The Morgan fingerprint density at radius 3 is 2.64 bits per heavy atom. The highest BCUT2D eigenvalue weighted by atomic mass is 16.5. The summed E-state index contributed by atoms with van der Waals surface area (Å²) < 4.78 is 6.85. The highest BCUT2D eigenvalue weighted by Gasteiger charge is 2.29. The van der Waals surface area contributed by atoms with E-state index >= 15 is 0 Å². The van der Waals surface area contributed by atoms with Crippen molar-refractivity contribution in [2.24, 2.45) is 0 Å². The Morgan fingerprint density at radius 2 is 1.88 bits per heavy atom. The summed E-state index contributed by atoms with van der Waals surface area (Å²) in [6, 6.07) is 17.6. The van der Waals surface area contributed by atoms with E-state index in [0.717, 1.165) is 36.3 Å². The Hall–Kier alpha value is -3.68. The van der Waals surface area contributed by atoms with Gasteiger partial charge in [-0.1, -0.05) is 47.7 Å². The second-order valence-electron chi connectivity index (χ2n) is 8.23. The van der Waals surface area contributed by atoms with Crippen molar-refractivity contribution in [2.45, 2.75) is 44.8 Å². The van der Waals surface area contributed by atoms with Crippen molar-refractivity contribution < 1.29 is 14.3 Å². The summed E-state index contributed by atoms with van der Waals surface area (Å²) in [6.45, 7) is 1.73. The van der Waals surface area contributed by atoms with Crippen molar-refractivity contribution in [2.75, 3.05) is 13.7 Å². The molecule has 1 atom stereocenters. The van der Waals surface area contributed by atoms with Crippen LogP contribution in [0.3, 0.4) is 0 Å². The van der Waals surface area contributed by atoms with Crippen LogP contribution >= 0.6 is 0 Å². The second-order valence-corrected chi connectivity index (χ2v) is 8.23. The van der Waals surface area contributed by atoms with Gasteiger partial charge in [0.2, 0.25) is 5.91 Å². The third-order valence-corrected chi connectivity index (χ3v) is 5.95. The molecule has 1 fully saturated rings. The van der Waals surface area contributed by atoms with Crippen molar-refractivity contribution in [3.63, 3.8) is 0 Å². The number of rotatable bonds is 9. The average Bonchev–Trinajstić information content (AvgIpc) is 3.52. The molecule has 1 N–H and O–H groups in total. The summed E-state index contributed by atoms with van der Waals surface area (Å²) in [5.74, 6) is 0.698. The van der Waals surface area contributed by atoms with E-state index in [4.69, 9.17) is 4.74 Å². The van der Waals surface area contributed by atoms with E-state index in [-0.39, 0.29) is 23.6 Å². The van der Waals surface area contributed by atoms with Gasteiger partial charge in [-0.25, -0.2) is 4.68 Å². The number of benzene rings is 2. The molecule has 1 aliphatic heterocycles. The summed E-state index contributed by atoms with van der Waals surface area (Å²) in [4.78, 5) is 27.2. The molecule has 1 saturated heterocycles. The van der Waals surface area contributed by atoms with E-state index in [2.05, 4.69) is 15.6 Å². The molecule has 2 heterocycles. The van der Waals surface area contributed by atoms with E-state index in [1.807, 2.05) is 59.5 Å². The molecule has 33 heavy (non-hydrogen) atoms. The molecule has 2 amide bonds. The van der Waals surface area contributed by atoms with Crippen LogP contribution in [-0.4, -0.2) is 51.4 Å². The van der Waals surface area contributed by atoms with E-state index in [1.54, 1.807) is 18.0 Å². The number of nitrogens with one attached hydrogen (secondary N) is 1. The lowest BCUT2D eigenvalue weighted by atomic mass is 10.1. The molecule has 3 aromatic rings. The Morgan fingerprint density at radius 1 is 1.09 bits per heavy atom. The molecular formula is C25H29N5O3. The van der Waals surface area contributed by atoms with E-state index < -0.39 is 0 Å². The fraction of sp³-hybridized carbons (Fsp3) is 0.360. The number of likely N-dealkylation sites (tertiary alicyclic amines) is 1. The fourth-order valence-electron chi connectivity index (χ4n) is 4.12. The molecule has 4 rings (SSSR count). The van der Waals surface area contributed by atoms with E-state index in [9.17, 15) is 9.59 Å². The minimum absolute atomic E-state index is 0.0651. The largest absolute Gasteiger partial charge is 0.497 e. The number of aromatic nitrogens is 3. The maximum absolute atomic E-state index is 12.9. The first kappa shape index (κ1) is 22.5. The number of methoxy groups -OCH3 is 1. The third kappa shape index (κ3) is 5.97. The molecule has 8 nitrogen and oxygen atoms in total. The Bertz CT molecular complexity index is 1070. The molecule has 0 aliphatic carbocycles. The minimum Gasteiger partial charge on any atom is -0.497 e. The first-order chi connectivity index (χ1) is 16.1. The Kier molecular flexibility index (Phi) is 7.34. The lowest BCUT2D eigenvalue weighted by molar-refractivity contribution is -0.132. The van der Waals surface area contributed by atoms with Crippen molar-refractivity contribution in [1.82, 2.24) is 25.2 Å². The number of hydrogen-bond acceptors (Lipinski definition) is 5. The fourth-order valence-corrected chi connectivity index (χ4v) is 4.12. The van der Waals surface area contributed by atoms with Gasteiger partial charge >= 0.3 is 0 Å². The number of amides is 2. The molecule has 1 aliphatic rings. The number of carbonyl (C=O) groups is 2. The van der Waals surface area contributed by atoms with Crippen LogP contribution in [-0.2, 0) is 24.3 Å². The summed E-state index contributed by atoms with van der Waals surface area (Å²) in [7, 11) is 1.64. The predicted octanol–water partition coefficient (Wildman–Crippen LogP) is 2.84. The number of aryl methyl sites for hydroxylation is 1. The third-order valence-electron chi connectivity index (χ3n) is 5.95. The van der Waals surface area contributed by atoms with Gasteiger partial charge in [0.15, 0.2) is 5.69 Å². The van der Waals surface area contributed by atoms with Gasteiger partial charge in [-0.3, -0.25) is 9.59 Å². The second kappa shape index (κ2) is 10.8. The summed E-state index contributed by atoms with van der Waals surface area (Å²) in [5.41, 5.74) is 2.41. The van der Waals surface area contributed by atoms with Gasteiger partial charge in [0.25, 0.3) is 5.91 Å². The molecule has 1 aromatic heterocycles. The van der Waals surface area contributed by atoms with Crippen molar-refractivity contribution in [3.05, 3.63) is 77.6 Å². The predicted molar refractivity (Wildman–Crippen MR) is 124 cm³/mol. The zero-order chi connectivity index (χ0) is 23.0. The molecule has 0 saturated carbocycles. The average molecular weight is 448 g/mol. The van der Waals surface area contributed by atoms with Crippen LogP contribution in [0.2, 0.25) is 0 Å². The molecule has 2 aromatic carbocycles. The summed E-state index contributed by atoms with van der Waals surface area (Å²) in [6.07, 6.45) is 4.70. The lowest BCUT2D eigenvalue weighted by Crippen LogP contribution is -2.38. The first-order valence-electron chi connectivity index (χ1n) is 11.3. The quantitative estimate of drug-likeness (QED) is 0.545. The van der Waals surface area contributed by atoms with Gasteiger partial charge in [-0.05, 0) is 42.5 Å². The molecule has 1 unspecified atom stereocenters. The summed E-state index contributed by atoms with van der Waals surface area (Å²) in [5, 5.41) is 11.0. The molecule has 0 radical (unpaired) electrons. The van der Waals surface area contributed by atoms with Crippen molar-refractivity contribution >= 4 is 11.8 Å². The topological polar surface area (TPSA) is 89.4 Å². The van der Waals surface area contributed by atoms with Crippen LogP contribution in [0.4, 0.5) is 0 Å². The van der Waals surface area contributed by atoms with E-state index in [0.29, 0.717) is 25.9 Å². The van der Waals surface area contributed by atoms with Gasteiger partial charge in [0.05, 0.1) is 25.9 Å². The maximum Gasteiger partial charge on any atom is 0.273 e. The van der Waals surface area contributed by atoms with Gasteiger partial charge in [0, 0.05) is 19.5 Å². The highest BCUT2D eigenvalue weighted by Crippen LogP contribution is 2.21. The van der Waals surface area contributed by atoms with E-state index in [1.165, 1.54) is 0 Å². The summed E-state index contributed by atoms with van der Waals surface area (Å²) >= 11 is 0. The monoisotopic (exact) mass is 447 g/mol. The molecule has 8 heteroatoms. The lowest BCUT2D eigenvalue weighted by Gasteiger charge is -2.24. The standard InChI is InChI=1S/C25H29N5O3/c1-33-22-12-9-19(10-13-22)11-14-24(31)30-15-5-8-21(30)17-29-18-23(27-28-29)25(32)26-16-20-6-3-2-4-7-20/h2-4,6-7,9-10,12-13,18,21H,5,8,11,14-17H2,1H3,(H,26,32). The van der Waals surface area contributed by atoms with Gasteiger partial charge in [-0.2, -0.15) is 0 Å². The molecule has 0 spiro atoms. The van der Waals surface area contributed by atoms with Crippen LogP contribution in [0.5, 0.6) is 5.75 Å². The van der Waals surface area contributed by atoms with Crippen LogP contribution in [0.15, 0.2) is 60.8 Å². The van der Waals surface area contributed by atoms with Crippen LogP contribution in [0.25, 0.3) is 0 Å². The van der Waals surface area contributed by atoms with Crippen molar-refractivity contribution in [1.29, 1.82) is 0 Å². The SMILES string of the molecule is COc1ccc(CCC(=O)N2CCCC2Cn2cc(C(=O)NCc3ccccc3)nn2)cc1. The highest BCUT2D eigenvalue weighted by molar-refractivity contribution is 5.91. The zero-order valence-electron chi connectivity index (χ0n) is 18.8. The maximum atomic E-state index is 12.9. The smallest absolute Gasteiger partial charge is 0.273 e. The molecule has 0 bridgehead atoms. The normalized spacial score (nSPS) is 15.4. The van der Waals surface area contributed by atoms with Gasteiger partial charge < -0.3 is 15.0 Å².